The number of β-amino-alcohol motifs (C(OH)–C–C–N with tert-alkyl or cyclic N) is 1. The molecule has 1 atom stereocenters. The molecule has 1 aliphatic rings. The van der Waals surface area contributed by atoms with Crippen molar-refractivity contribution in [3.8, 4) is 0 Å². The van der Waals surface area contributed by atoms with E-state index in [0.717, 1.165) is 25.9 Å². The fourth-order valence-electron chi connectivity index (χ4n) is 1.14. The Bertz CT molecular complexity index is 89.1. The number of piperidine rings is 1. The monoisotopic (exact) mass is 149 g/mol. The van der Waals surface area contributed by atoms with Gasteiger partial charge in [-0.25, -0.2) is 0 Å². The lowest BCUT2D eigenvalue weighted by atomic mass is 10.1. The summed E-state index contributed by atoms with van der Waals surface area (Å²) >= 11 is 5.56. The average Bonchev–Trinajstić information content (AvgIpc) is 1.88. The molecular formula is C6H12ClNO. The quantitative estimate of drug-likeness (QED) is 0.437. The summed E-state index contributed by atoms with van der Waals surface area (Å²) in [5.41, 5.74) is 0. The van der Waals surface area contributed by atoms with Crippen LogP contribution in [-0.4, -0.2) is 35.2 Å². The summed E-state index contributed by atoms with van der Waals surface area (Å²) < 4.78 is 0. The third-order valence-electron chi connectivity index (χ3n) is 1.65. The minimum Gasteiger partial charge on any atom is -0.392 e. The van der Waals surface area contributed by atoms with Gasteiger partial charge in [0.05, 0.1) is 12.1 Å². The van der Waals surface area contributed by atoms with E-state index < -0.39 is 0 Å². The zero-order chi connectivity index (χ0) is 6.69. The van der Waals surface area contributed by atoms with Gasteiger partial charge in [-0.3, -0.25) is 4.90 Å². The summed E-state index contributed by atoms with van der Waals surface area (Å²) in [6.45, 7) is 1.80. The Morgan fingerprint density at radius 2 is 2.44 bits per heavy atom. The number of alkyl halides is 1. The van der Waals surface area contributed by atoms with Gasteiger partial charge in [0, 0.05) is 6.54 Å². The molecule has 1 N–H and O–H groups in total. The molecule has 54 valence electrons. The van der Waals surface area contributed by atoms with Crippen LogP contribution in [0.3, 0.4) is 0 Å². The van der Waals surface area contributed by atoms with E-state index in [2.05, 4.69) is 4.90 Å². The van der Waals surface area contributed by atoms with E-state index in [1.54, 1.807) is 0 Å². The van der Waals surface area contributed by atoms with E-state index in [-0.39, 0.29) is 6.10 Å². The van der Waals surface area contributed by atoms with E-state index >= 15 is 0 Å². The van der Waals surface area contributed by atoms with Gasteiger partial charge in [-0.1, -0.05) is 0 Å². The summed E-state index contributed by atoms with van der Waals surface area (Å²) in [6.07, 6.45) is 1.87. The second kappa shape index (κ2) is 3.40. The predicted octanol–water partition coefficient (Wildman–Crippen LogP) is 0.639. The second-order valence-electron chi connectivity index (χ2n) is 2.49. The SMILES string of the molecule is O[C@@H]1CCCN(CCl)C1. The van der Waals surface area contributed by atoms with Crippen LogP contribution in [0.1, 0.15) is 12.8 Å². The highest BCUT2D eigenvalue weighted by atomic mass is 35.5. The first-order valence-corrected chi connectivity index (χ1v) is 3.83. The summed E-state index contributed by atoms with van der Waals surface area (Å²) in [5, 5.41) is 9.11. The van der Waals surface area contributed by atoms with Crippen molar-refractivity contribution in [1.29, 1.82) is 0 Å². The van der Waals surface area contributed by atoms with E-state index in [1.165, 1.54) is 0 Å². The highest BCUT2D eigenvalue weighted by molar-refractivity contribution is 6.17. The highest BCUT2D eigenvalue weighted by Crippen LogP contribution is 2.09. The molecule has 3 heteroatoms. The van der Waals surface area contributed by atoms with Crippen LogP contribution in [0.15, 0.2) is 0 Å². The maximum Gasteiger partial charge on any atom is 0.0739 e. The highest BCUT2D eigenvalue weighted by Gasteiger charge is 2.15. The molecule has 1 saturated heterocycles. The molecule has 1 rings (SSSR count). The lowest BCUT2D eigenvalue weighted by Gasteiger charge is -2.27. The topological polar surface area (TPSA) is 23.5 Å². The van der Waals surface area contributed by atoms with E-state index in [9.17, 15) is 0 Å². The molecule has 1 aliphatic heterocycles. The van der Waals surface area contributed by atoms with Gasteiger partial charge in [0.15, 0.2) is 0 Å². The number of hydrogen-bond acceptors (Lipinski definition) is 2. The molecule has 0 aromatic heterocycles. The van der Waals surface area contributed by atoms with Crippen molar-refractivity contribution in [2.24, 2.45) is 0 Å². The molecule has 0 radical (unpaired) electrons. The molecule has 9 heavy (non-hydrogen) atoms. The molecule has 0 unspecified atom stereocenters. The molecule has 2 nitrogen and oxygen atoms in total. The summed E-state index contributed by atoms with van der Waals surface area (Å²) in [5.74, 6) is 0. The van der Waals surface area contributed by atoms with Gasteiger partial charge in [-0.05, 0) is 19.4 Å². The van der Waals surface area contributed by atoms with Crippen molar-refractivity contribution < 1.29 is 5.11 Å². The Balaban J connectivity index is 2.23. The number of hydrogen-bond donors (Lipinski definition) is 1. The van der Waals surface area contributed by atoms with Gasteiger partial charge in [0.25, 0.3) is 0 Å². The standard InChI is InChI=1S/C6H12ClNO/c7-5-8-3-1-2-6(9)4-8/h6,9H,1-5H2/t6-/m1/s1. The molecular weight excluding hydrogens is 138 g/mol. The maximum absolute atomic E-state index is 9.11. The zero-order valence-corrected chi connectivity index (χ0v) is 6.14. The van der Waals surface area contributed by atoms with E-state index in [0.29, 0.717) is 6.00 Å². The Kier molecular flexibility index (Phi) is 2.76. The van der Waals surface area contributed by atoms with Gasteiger partial charge in [-0.15, -0.1) is 11.6 Å². The van der Waals surface area contributed by atoms with Crippen molar-refractivity contribution in [3.63, 3.8) is 0 Å². The minimum absolute atomic E-state index is 0.141. The van der Waals surface area contributed by atoms with E-state index in [1.807, 2.05) is 0 Å². The Labute approximate surface area is 60.4 Å². The smallest absolute Gasteiger partial charge is 0.0739 e. The van der Waals surface area contributed by atoms with Crippen LogP contribution in [0.4, 0.5) is 0 Å². The first-order chi connectivity index (χ1) is 4.33. The van der Waals surface area contributed by atoms with Crippen LogP contribution in [0.2, 0.25) is 0 Å². The van der Waals surface area contributed by atoms with Gasteiger partial charge in [0.2, 0.25) is 0 Å². The minimum atomic E-state index is -0.141. The lowest BCUT2D eigenvalue weighted by Crippen LogP contribution is -2.37. The summed E-state index contributed by atoms with van der Waals surface area (Å²) in [4.78, 5) is 2.05. The molecule has 0 bridgehead atoms. The van der Waals surface area contributed by atoms with Crippen molar-refractivity contribution in [1.82, 2.24) is 4.90 Å². The average molecular weight is 150 g/mol. The third-order valence-corrected chi connectivity index (χ3v) is 1.99. The van der Waals surface area contributed by atoms with Crippen molar-refractivity contribution >= 4 is 11.6 Å². The van der Waals surface area contributed by atoms with Crippen LogP contribution in [0.25, 0.3) is 0 Å². The van der Waals surface area contributed by atoms with Crippen LogP contribution in [0.5, 0.6) is 0 Å². The molecule has 0 aliphatic carbocycles. The first-order valence-electron chi connectivity index (χ1n) is 3.29. The van der Waals surface area contributed by atoms with Crippen LogP contribution in [0, 0.1) is 0 Å². The lowest BCUT2D eigenvalue weighted by molar-refractivity contribution is 0.0806. The van der Waals surface area contributed by atoms with E-state index in [4.69, 9.17) is 16.7 Å². The Hall–Kier alpha value is 0.210. The van der Waals surface area contributed by atoms with Crippen molar-refractivity contribution in [2.45, 2.75) is 18.9 Å². The molecule has 1 fully saturated rings. The number of aliphatic hydroxyl groups is 1. The van der Waals surface area contributed by atoms with Gasteiger partial charge in [-0.2, -0.15) is 0 Å². The molecule has 0 amide bonds. The molecule has 0 aromatic carbocycles. The Morgan fingerprint density at radius 3 is 2.89 bits per heavy atom. The summed E-state index contributed by atoms with van der Waals surface area (Å²) in [7, 11) is 0. The van der Waals surface area contributed by atoms with Gasteiger partial charge < -0.3 is 5.11 Å². The van der Waals surface area contributed by atoms with Crippen molar-refractivity contribution in [3.05, 3.63) is 0 Å². The molecule has 0 spiro atoms. The fourth-order valence-corrected chi connectivity index (χ4v) is 1.36. The molecule has 0 saturated carbocycles. The Morgan fingerprint density at radius 1 is 1.67 bits per heavy atom. The van der Waals surface area contributed by atoms with Crippen LogP contribution in [-0.2, 0) is 0 Å². The van der Waals surface area contributed by atoms with Gasteiger partial charge in [0.1, 0.15) is 0 Å². The number of likely N-dealkylation sites (tertiary alicyclic amines) is 1. The third kappa shape index (κ3) is 2.12. The predicted molar refractivity (Wildman–Crippen MR) is 37.5 cm³/mol. The number of halogens is 1. The zero-order valence-electron chi connectivity index (χ0n) is 5.39. The fraction of sp³-hybridized carbons (Fsp3) is 1.00. The number of rotatable bonds is 1. The number of aliphatic hydroxyl groups excluding tert-OH is 1. The van der Waals surface area contributed by atoms with Gasteiger partial charge >= 0.3 is 0 Å². The summed E-state index contributed by atoms with van der Waals surface area (Å²) in [6, 6.07) is 0.553. The first kappa shape index (κ1) is 7.32. The normalized spacial score (nSPS) is 30.7. The second-order valence-corrected chi connectivity index (χ2v) is 2.73. The molecule has 0 aromatic rings. The van der Waals surface area contributed by atoms with Crippen molar-refractivity contribution in [2.75, 3.05) is 19.1 Å². The molecule has 1 heterocycles. The van der Waals surface area contributed by atoms with Crippen LogP contribution < -0.4 is 0 Å². The maximum atomic E-state index is 9.11. The van der Waals surface area contributed by atoms with Crippen LogP contribution >= 0.6 is 11.6 Å². The number of nitrogens with zero attached hydrogens (tertiary/aromatic N) is 1. The largest absolute Gasteiger partial charge is 0.392 e.